The molecule has 0 aliphatic heterocycles. The van der Waals surface area contributed by atoms with Crippen molar-refractivity contribution in [3.63, 3.8) is 0 Å². The van der Waals surface area contributed by atoms with E-state index in [2.05, 4.69) is 45.0 Å². The van der Waals surface area contributed by atoms with Crippen LogP contribution in [0.15, 0.2) is 18.2 Å². The van der Waals surface area contributed by atoms with Crippen molar-refractivity contribution < 1.29 is 0 Å². The van der Waals surface area contributed by atoms with Crippen LogP contribution in [-0.2, 0) is 5.41 Å². The Morgan fingerprint density at radius 3 is 2.44 bits per heavy atom. The lowest BCUT2D eigenvalue weighted by Gasteiger charge is -2.25. The molecule has 2 rings (SSSR count). The lowest BCUT2D eigenvalue weighted by molar-refractivity contribution is 0.442. The highest BCUT2D eigenvalue weighted by atomic mass is 14.2. The quantitative estimate of drug-likeness (QED) is 0.629. The first-order chi connectivity index (χ1) is 7.57. The first-order valence-electron chi connectivity index (χ1n) is 6.59. The van der Waals surface area contributed by atoms with Crippen LogP contribution in [0.3, 0.4) is 0 Å². The van der Waals surface area contributed by atoms with Gasteiger partial charge in [-0.2, -0.15) is 0 Å². The van der Waals surface area contributed by atoms with Crippen molar-refractivity contribution in [1.29, 1.82) is 0 Å². The molecule has 1 fully saturated rings. The van der Waals surface area contributed by atoms with Crippen molar-refractivity contribution in [3.8, 4) is 0 Å². The second-order valence-electron chi connectivity index (χ2n) is 6.12. The Kier molecular flexibility index (Phi) is 3.37. The number of rotatable bonds is 1. The summed E-state index contributed by atoms with van der Waals surface area (Å²) in [6, 6.07) is 10.2. The predicted octanol–water partition coefficient (Wildman–Crippen LogP) is 4.83. The van der Waals surface area contributed by atoms with E-state index in [1.165, 1.54) is 43.2 Å². The Morgan fingerprint density at radius 1 is 1.12 bits per heavy atom. The van der Waals surface area contributed by atoms with Crippen molar-refractivity contribution in [2.24, 2.45) is 0 Å². The van der Waals surface area contributed by atoms with E-state index in [0.717, 1.165) is 5.92 Å². The van der Waals surface area contributed by atoms with Gasteiger partial charge in [-0.1, -0.05) is 58.2 Å². The molecule has 1 saturated carbocycles. The number of hydrogen-bond acceptors (Lipinski definition) is 0. The average molecular weight is 215 g/mol. The van der Waals surface area contributed by atoms with E-state index in [9.17, 15) is 0 Å². The minimum atomic E-state index is 0.262. The van der Waals surface area contributed by atoms with Crippen LogP contribution in [0.25, 0.3) is 0 Å². The van der Waals surface area contributed by atoms with Gasteiger partial charge in [-0.25, -0.2) is 0 Å². The highest BCUT2D eigenvalue weighted by Crippen LogP contribution is 2.34. The van der Waals surface area contributed by atoms with E-state index in [4.69, 9.17) is 0 Å². The third kappa shape index (κ3) is 2.66. The van der Waals surface area contributed by atoms with E-state index < -0.39 is 0 Å². The molecule has 0 amide bonds. The molecular formula is C16H23. The van der Waals surface area contributed by atoms with Crippen molar-refractivity contribution >= 4 is 0 Å². The Bertz CT molecular complexity index is 337. The van der Waals surface area contributed by atoms with Crippen LogP contribution < -0.4 is 0 Å². The molecule has 1 aromatic rings. The number of benzene rings is 1. The fourth-order valence-corrected chi connectivity index (χ4v) is 2.60. The highest BCUT2D eigenvalue weighted by molar-refractivity contribution is 5.30. The zero-order valence-electron chi connectivity index (χ0n) is 10.8. The molecule has 0 spiro atoms. The summed E-state index contributed by atoms with van der Waals surface area (Å²) in [5.41, 5.74) is 3.16. The van der Waals surface area contributed by atoms with Crippen LogP contribution >= 0.6 is 0 Å². The van der Waals surface area contributed by atoms with Gasteiger partial charge >= 0.3 is 0 Å². The van der Waals surface area contributed by atoms with Gasteiger partial charge in [-0.05, 0) is 41.4 Å². The van der Waals surface area contributed by atoms with Crippen LogP contribution in [0.5, 0.6) is 0 Å². The third-order valence-corrected chi connectivity index (χ3v) is 3.73. The van der Waals surface area contributed by atoms with Crippen molar-refractivity contribution in [2.75, 3.05) is 0 Å². The molecule has 0 nitrogen and oxygen atoms in total. The first kappa shape index (κ1) is 11.7. The van der Waals surface area contributed by atoms with Gasteiger partial charge in [-0.15, -0.1) is 0 Å². The van der Waals surface area contributed by atoms with E-state index in [1.54, 1.807) is 0 Å². The summed E-state index contributed by atoms with van der Waals surface area (Å²) in [5, 5.41) is 0. The minimum absolute atomic E-state index is 0.262. The average Bonchev–Trinajstić information content (AvgIpc) is 2.29. The molecule has 0 bridgehead atoms. The molecule has 0 aromatic heterocycles. The highest BCUT2D eigenvalue weighted by Gasteiger charge is 2.18. The van der Waals surface area contributed by atoms with E-state index in [0.29, 0.717) is 0 Å². The standard InChI is InChI=1S/C16H23/c1-16(2,3)15-11-7-10-14(12-15)13-8-5-4-6-9-13/h7,11-13H,4-6,8-9H2,1-3H3. The molecule has 0 heteroatoms. The van der Waals surface area contributed by atoms with Gasteiger partial charge in [0.15, 0.2) is 0 Å². The van der Waals surface area contributed by atoms with Gasteiger partial charge in [-0.3, -0.25) is 0 Å². The van der Waals surface area contributed by atoms with Gasteiger partial charge in [0.1, 0.15) is 0 Å². The van der Waals surface area contributed by atoms with Crippen LogP contribution in [0.4, 0.5) is 0 Å². The van der Waals surface area contributed by atoms with Crippen LogP contribution in [-0.4, -0.2) is 0 Å². The summed E-state index contributed by atoms with van der Waals surface area (Å²) in [4.78, 5) is 0. The summed E-state index contributed by atoms with van der Waals surface area (Å²) in [6.07, 6.45) is 6.96. The maximum absolute atomic E-state index is 3.45. The largest absolute Gasteiger partial charge is 0.0579 e. The SMILES string of the molecule is CC(C)(C)c1cc[c]c(C2CCCCC2)c1. The normalized spacial score (nSPS) is 18.7. The van der Waals surface area contributed by atoms with Crippen LogP contribution in [0.1, 0.15) is 69.9 Å². The Morgan fingerprint density at radius 2 is 1.81 bits per heavy atom. The molecule has 87 valence electrons. The zero-order valence-corrected chi connectivity index (χ0v) is 10.8. The fourth-order valence-electron chi connectivity index (χ4n) is 2.60. The second-order valence-corrected chi connectivity index (χ2v) is 6.12. The summed E-state index contributed by atoms with van der Waals surface area (Å²) in [7, 11) is 0. The molecule has 1 radical (unpaired) electrons. The van der Waals surface area contributed by atoms with Gasteiger partial charge in [0.25, 0.3) is 0 Å². The van der Waals surface area contributed by atoms with Crippen molar-refractivity contribution in [1.82, 2.24) is 0 Å². The smallest absolute Gasteiger partial charge is 0.0132 e. The summed E-state index contributed by atoms with van der Waals surface area (Å²) in [6.45, 7) is 6.85. The molecule has 1 aliphatic carbocycles. The first-order valence-corrected chi connectivity index (χ1v) is 6.59. The lowest BCUT2D eigenvalue weighted by atomic mass is 9.80. The Balaban J connectivity index is 2.21. The summed E-state index contributed by atoms with van der Waals surface area (Å²) < 4.78 is 0. The molecular weight excluding hydrogens is 192 g/mol. The van der Waals surface area contributed by atoms with Crippen molar-refractivity contribution in [2.45, 2.75) is 64.2 Å². The summed E-state index contributed by atoms with van der Waals surface area (Å²) in [5.74, 6) is 0.774. The Labute approximate surface area is 100 Å². The molecule has 16 heavy (non-hydrogen) atoms. The lowest BCUT2D eigenvalue weighted by Crippen LogP contribution is -2.12. The summed E-state index contributed by atoms with van der Waals surface area (Å²) >= 11 is 0. The monoisotopic (exact) mass is 215 g/mol. The fraction of sp³-hybridized carbons (Fsp3) is 0.625. The predicted molar refractivity (Wildman–Crippen MR) is 69.8 cm³/mol. The molecule has 0 N–H and O–H groups in total. The van der Waals surface area contributed by atoms with Gasteiger partial charge < -0.3 is 0 Å². The third-order valence-electron chi connectivity index (χ3n) is 3.73. The van der Waals surface area contributed by atoms with E-state index in [-0.39, 0.29) is 5.41 Å². The van der Waals surface area contributed by atoms with Crippen LogP contribution in [0, 0.1) is 6.07 Å². The molecule has 0 heterocycles. The molecule has 1 aromatic carbocycles. The van der Waals surface area contributed by atoms with E-state index in [1.807, 2.05) is 0 Å². The van der Waals surface area contributed by atoms with Crippen LogP contribution in [0.2, 0.25) is 0 Å². The minimum Gasteiger partial charge on any atom is -0.0579 e. The maximum Gasteiger partial charge on any atom is -0.0132 e. The maximum atomic E-state index is 3.45. The topological polar surface area (TPSA) is 0 Å². The number of hydrogen-bond donors (Lipinski definition) is 0. The van der Waals surface area contributed by atoms with Crippen molar-refractivity contribution in [3.05, 3.63) is 35.4 Å². The molecule has 0 atom stereocenters. The van der Waals surface area contributed by atoms with Gasteiger partial charge in [0, 0.05) is 0 Å². The molecule has 0 unspecified atom stereocenters. The van der Waals surface area contributed by atoms with Gasteiger partial charge in [0.05, 0.1) is 0 Å². The zero-order chi connectivity index (χ0) is 11.6. The second kappa shape index (κ2) is 4.61. The Hall–Kier alpha value is -0.780. The van der Waals surface area contributed by atoms with Gasteiger partial charge in [0.2, 0.25) is 0 Å². The van der Waals surface area contributed by atoms with E-state index >= 15 is 0 Å². The molecule has 0 saturated heterocycles. The molecule has 1 aliphatic rings.